The fourth-order valence-electron chi connectivity index (χ4n) is 1.42. The number of nitrogens with two attached hydrogens (primary N) is 1. The minimum atomic E-state index is -0.354. The van der Waals surface area contributed by atoms with E-state index in [0.717, 1.165) is 5.57 Å². The van der Waals surface area contributed by atoms with Crippen LogP contribution in [0.2, 0.25) is 10.0 Å². The van der Waals surface area contributed by atoms with Crippen LogP contribution in [-0.2, 0) is 0 Å². The lowest BCUT2D eigenvalue weighted by Gasteiger charge is -2.15. The number of hydrogen-bond donors (Lipinski definition) is 2. The number of benzene rings is 1. The summed E-state index contributed by atoms with van der Waals surface area (Å²) in [5.74, 6) is 0.0289. The van der Waals surface area contributed by atoms with E-state index in [1.54, 1.807) is 6.07 Å². The summed E-state index contributed by atoms with van der Waals surface area (Å²) in [5.41, 5.74) is 7.35. The van der Waals surface area contributed by atoms with Crippen molar-refractivity contribution >= 4 is 23.2 Å². The zero-order chi connectivity index (χ0) is 11.6. The van der Waals surface area contributed by atoms with Crippen LogP contribution in [0.3, 0.4) is 0 Å². The molecule has 3 N–H and O–H groups in total. The summed E-state index contributed by atoms with van der Waals surface area (Å²) >= 11 is 11.7. The normalized spacial score (nSPS) is 12.5. The van der Waals surface area contributed by atoms with Gasteiger partial charge in [0.25, 0.3) is 0 Å². The third kappa shape index (κ3) is 3.13. The molecule has 0 radical (unpaired) electrons. The highest BCUT2D eigenvalue weighted by Crippen LogP contribution is 2.35. The van der Waals surface area contributed by atoms with Gasteiger partial charge in [-0.05, 0) is 25.5 Å². The summed E-state index contributed by atoms with van der Waals surface area (Å²) in [6, 6.07) is 2.64. The molecule has 82 valence electrons. The molecule has 0 aliphatic heterocycles. The van der Waals surface area contributed by atoms with Gasteiger partial charge in [-0.15, -0.1) is 6.58 Å². The average molecular weight is 246 g/mol. The SMILES string of the molecule is C=C(C)C[C@H](N)c1c(O)cc(Cl)cc1Cl. The number of phenols is 1. The summed E-state index contributed by atoms with van der Waals surface area (Å²) in [4.78, 5) is 0. The van der Waals surface area contributed by atoms with Gasteiger partial charge >= 0.3 is 0 Å². The van der Waals surface area contributed by atoms with Gasteiger partial charge in [-0.1, -0.05) is 28.8 Å². The van der Waals surface area contributed by atoms with E-state index in [1.165, 1.54) is 6.07 Å². The summed E-state index contributed by atoms with van der Waals surface area (Å²) in [6.45, 7) is 5.64. The van der Waals surface area contributed by atoms with Crippen molar-refractivity contribution in [2.45, 2.75) is 19.4 Å². The quantitative estimate of drug-likeness (QED) is 0.799. The first-order valence-electron chi connectivity index (χ1n) is 4.49. The van der Waals surface area contributed by atoms with Crippen LogP contribution in [0.5, 0.6) is 5.75 Å². The fraction of sp³-hybridized carbons (Fsp3) is 0.273. The second kappa shape index (κ2) is 4.88. The van der Waals surface area contributed by atoms with Gasteiger partial charge in [0.1, 0.15) is 5.75 Å². The molecule has 0 bridgehead atoms. The predicted molar refractivity (Wildman–Crippen MR) is 64.5 cm³/mol. The van der Waals surface area contributed by atoms with Crippen LogP contribution in [0.15, 0.2) is 24.3 Å². The van der Waals surface area contributed by atoms with E-state index in [4.69, 9.17) is 28.9 Å². The van der Waals surface area contributed by atoms with Crippen LogP contribution in [0, 0.1) is 0 Å². The van der Waals surface area contributed by atoms with Crippen LogP contribution >= 0.6 is 23.2 Å². The minimum absolute atomic E-state index is 0.0289. The van der Waals surface area contributed by atoms with Crippen molar-refractivity contribution in [3.8, 4) is 5.75 Å². The van der Waals surface area contributed by atoms with Gasteiger partial charge in [0.15, 0.2) is 0 Å². The maximum atomic E-state index is 9.68. The molecule has 0 aromatic heterocycles. The second-order valence-electron chi connectivity index (χ2n) is 3.59. The van der Waals surface area contributed by atoms with Crippen molar-refractivity contribution in [3.05, 3.63) is 39.9 Å². The third-order valence-electron chi connectivity index (χ3n) is 2.01. The molecule has 0 saturated carbocycles. The van der Waals surface area contributed by atoms with Crippen molar-refractivity contribution in [2.24, 2.45) is 5.73 Å². The lowest BCUT2D eigenvalue weighted by molar-refractivity contribution is 0.461. The smallest absolute Gasteiger partial charge is 0.123 e. The molecule has 15 heavy (non-hydrogen) atoms. The molecule has 0 spiro atoms. The standard InChI is InChI=1S/C11H13Cl2NO/c1-6(2)3-9(14)11-8(13)4-7(12)5-10(11)15/h4-5,9,15H,1,3,14H2,2H3/t9-/m0/s1. The van der Waals surface area contributed by atoms with E-state index in [2.05, 4.69) is 6.58 Å². The monoisotopic (exact) mass is 245 g/mol. The van der Waals surface area contributed by atoms with E-state index in [-0.39, 0.29) is 11.8 Å². The van der Waals surface area contributed by atoms with Crippen molar-refractivity contribution in [2.75, 3.05) is 0 Å². The van der Waals surface area contributed by atoms with E-state index in [9.17, 15) is 5.11 Å². The van der Waals surface area contributed by atoms with Crippen molar-refractivity contribution in [1.29, 1.82) is 0 Å². The van der Waals surface area contributed by atoms with Gasteiger partial charge in [-0.3, -0.25) is 0 Å². The molecule has 1 atom stereocenters. The van der Waals surface area contributed by atoms with Crippen LogP contribution in [-0.4, -0.2) is 5.11 Å². The molecule has 0 heterocycles. The number of halogens is 2. The van der Waals surface area contributed by atoms with Gasteiger partial charge in [0.2, 0.25) is 0 Å². The zero-order valence-electron chi connectivity index (χ0n) is 8.43. The highest BCUT2D eigenvalue weighted by atomic mass is 35.5. The predicted octanol–water partition coefficient (Wildman–Crippen LogP) is 3.67. The molecule has 0 fully saturated rings. The number of hydrogen-bond acceptors (Lipinski definition) is 2. The Hall–Kier alpha value is -0.700. The molecule has 0 saturated heterocycles. The molecule has 4 heteroatoms. The van der Waals surface area contributed by atoms with Gasteiger partial charge in [-0.2, -0.15) is 0 Å². The van der Waals surface area contributed by atoms with E-state index < -0.39 is 0 Å². The van der Waals surface area contributed by atoms with E-state index in [0.29, 0.717) is 22.0 Å². The highest BCUT2D eigenvalue weighted by molar-refractivity contribution is 6.35. The van der Waals surface area contributed by atoms with Gasteiger partial charge < -0.3 is 10.8 Å². The molecule has 0 aliphatic rings. The van der Waals surface area contributed by atoms with Gasteiger partial charge in [-0.25, -0.2) is 0 Å². The Morgan fingerprint density at radius 1 is 1.53 bits per heavy atom. The summed E-state index contributed by atoms with van der Waals surface area (Å²) in [5, 5.41) is 10.5. The van der Waals surface area contributed by atoms with E-state index in [1.807, 2.05) is 6.92 Å². The van der Waals surface area contributed by atoms with Crippen LogP contribution < -0.4 is 5.73 Å². The zero-order valence-corrected chi connectivity index (χ0v) is 9.94. The average Bonchev–Trinajstić information content (AvgIpc) is 1.99. The number of aromatic hydroxyl groups is 1. The number of rotatable bonds is 3. The van der Waals surface area contributed by atoms with Crippen molar-refractivity contribution < 1.29 is 5.11 Å². The Balaban J connectivity index is 3.08. The van der Waals surface area contributed by atoms with Crippen LogP contribution in [0.1, 0.15) is 24.9 Å². The van der Waals surface area contributed by atoms with Gasteiger partial charge in [0.05, 0.1) is 5.02 Å². The Labute approximate surface area is 99.3 Å². The molecule has 1 aromatic carbocycles. The molecule has 0 unspecified atom stereocenters. The maximum absolute atomic E-state index is 9.68. The van der Waals surface area contributed by atoms with E-state index >= 15 is 0 Å². The molecule has 0 aliphatic carbocycles. The van der Waals surface area contributed by atoms with Crippen LogP contribution in [0.25, 0.3) is 0 Å². The minimum Gasteiger partial charge on any atom is -0.508 e. The molecule has 1 aromatic rings. The Morgan fingerprint density at radius 2 is 2.13 bits per heavy atom. The van der Waals surface area contributed by atoms with Crippen molar-refractivity contribution in [3.63, 3.8) is 0 Å². The number of phenolic OH excluding ortho intramolecular Hbond substituents is 1. The van der Waals surface area contributed by atoms with Crippen molar-refractivity contribution in [1.82, 2.24) is 0 Å². The first kappa shape index (κ1) is 12.4. The third-order valence-corrected chi connectivity index (χ3v) is 2.54. The lowest BCUT2D eigenvalue weighted by atomic mass is 10.0. The largest absolute Gasteiger partial charge is 0.508 e. The van der Waals surface area contributed by atoms with Gasteiger partial charge in [0, 0.05) is 16.6 Å². The van der Waals surface area contributed by atoms with Crippen LogP contribution in [0.4, 0.5) is 0 Å². The first-order valence-corrected chi connectivity index (χ1v) is 5.25. The first-order chi connectivity index (χ1) is 6.91. The Morgan fingerprint density at radius 3 is 2.60 bits per heavy atom. The topological polar surface area (TPSA) is 46.2 Å². The molecule has 2 nitrogen and oxygen atoms in total. The summed E-state index contributed by atoms with van der Waals surface area (Å²) in [7, 11) is 0. The summed E-state index contributed by atoms with van der Waals surface area (Å²) < 4.78 is 0. The fourth-order valence-corrected chi connectivity index (χ4v) is 2.04. The molecule has 1 rings (SSSR count). The maximum Gasteiger partial charge on any atom is 0.123 e. The second-order valence-corrected chi connectivity index (χ2v) is 4.43. The molecular weight excluding hydrogens is 233 g/mol. The Bertz CT molecular complexity index is 367. The molecular formula is C11H13Cl2NO. The lowest BCUT2D eigenvalue weighted by Crippen LogP contribution is -2.11. The summed E-state index contributed by atoms with van der Waals surface area (Å²) in [6.07, 6.45) is 0.578. The Kier molecular flexibility index (Phi) is 4.03. The molecule has 0 amide bonds. The highest BCUT2D eigenvalue weighted by Gasteiger charge is 2.15.